The van der Waals surface area contributed by atoms with Crippen molar-refractivity contribution in [1.82, 2.24) is 20.3 Å². The molecule has 0 saturated carbocycles. The van der Waals surface area contributed by atoms with Crippen LogP contribution < -0.4 is 5.32 Å². The van der Waals surface area contributed by atoms with E-state index in [1.165, 1.54) is 12.1 Å². The number of aromatic nitrogens is 3. The number of hydrogen-bond acceptors (Lipinski definition) is 4. The summed E-state index contributed by atoms with van der Waals surface area (Å²) >= 11 is 5.69. The van der Waals surface area contributed by atoms with Crippen molar-refractivity contribution in [3.05, 3.63) is 46.2 Å². The van der Waals surface area contributed by atoms with E-state index in [4.69, 9.17) is 11.6 Å². The van der Waals surface area contributed by atoms with E-state index in [-0.39, 0.29) is 35.5 Å². The predicted octanol–water partition coefficient (Wildman–Crippen LogP) is 3.19. The van der Waals surface area contributed by atoms with Crippen molar-refractivity contribution in [3.8, 4) is 0 Å². The number of nitrogens with one attached hydrogen (secondary N) is 1. The average Bonchev–Trinajstić information content (AvgIpc) is 2.92. The van der Waals surface area contributed by atoms with Gasteiger partial charge in [-0.15, -0.1) is 5.10 Å². The molecule has 136 valence electrons. The quantitative estimate of drug-likeness (QED) is 0.847. The molecular formula is C16H18ClF3N4O. The number of alkyl halides is 3. The average molecular weight is 375 g/mol. The summed E-state index contributed by atoms with van der Waals surface area (Å²) in [4.78, 5) is 0. The van der Waals surface area contributed by atoms with Crippen LogP contribution >= 0.6 is 11.6 Å². The number of rotatable bonds is 2. The van der Waals surface area contributed by atoms with Crippen LogP contribution in [-0.2, 0) is 18.8 Å². The van der Waals surface area contributed by atoms with Gasteiger partial charge < -0.3 is 10.4 Å². The fourth-order valence-electron chi connectivity index (χ4n) is 3.37. The first kappa shape index (κ1) is 18.2. The molecule has 0 radical (unpaired) electrons. The number of aliphatic hydroxyl groups is 1. The van der Waals surface area contributed by atoms with E-state index in [0.717, 1.165) is 6.07 Å². The number of halogens is 4. The van der Waals surface area contributed by atoms with E-state index >= 15 is 0 Å². The molecule has 9 heteroatoms. The minimum Gasteiger partial charge on any atom is -0.385 e. The molecule has 1 fully saturated rings. The Labute approximate surface area is 147 Å². The SMILES string of the molecule is C[C@H]1C[C@@](O)(c2ccc(Cl)c(C(F)(F)F)c2)C[C@@H](c2cn(C)nn2)N1. The van der Waals surface area contributed by atoms with Crippen LogP contribution in [0.2, 0.25) is 5.02 Å². The Bertz CT molecular complexity index is 779. The highest BCUT2D eigenvalue weighted by molar-refractivity contribution is 6.31. The summed E-state index contributed by atoms with van der Waals surface area (Å²) in [7, 11) is 1.73. The minimum absolute atomic E-state index is 0.115. The second kappa shape index (κ2) is 6.26. The molecule has 0 spiro atoms. The molecule has 0 unspecified atom stereocenters. The van der Waals surface area contributed by atoms with Crippen molar-refractivity contribution in [2.24, 2.45) is 7.05 Å². The van der Waals surface area contributed by atoms with Crippen molar-refractivity contribution in [1.29, 1.82) is 0 Å². The second-order valence-corrected chi connectivity index (χ2v) is 6.98. The Morgan fingerprint density at radius 3 is 2.68 bits per heavy atom. The summed E-state index contributed by atoms with van der Waals surface area (Å²) in [6.45, 7) is 1.87. The molecule has 2 N–H and O–H groups in total. The summed E-state index contributed by atoms with van der Waals surface area (Å²) in [5.41, 5.74) is -1.52. The fourth-order valence-corrected chi connectivity index (χ4v) is 3.60. The van der Waals surface area contributed by atoms with Gasteiger partial charge in [-0.2, -0.15) is 13.2 Å². The Hall–Kier alpha value is -1.64. The lowest BCUT2D eigenvalue weighted by Crippen LogP contribution is -2.47. The molecule has 1 aromatic heterocycles. The summed E-state index contributed by atoms with van der Waals surface area (Å²) in [5, 5.41) is 22.0. The first-order chi connectivity index (χ1) is 11.6. The van der Waals surface area contributed by atoms with E-state index in [9.17, 15) is 18.3 Å². The molecule has 1 aliphatic rings. The van der Waals surface area contributed by atoms with Crippen molar-refractivity contribution in [3.63, 3.8) is 0 Å². The van der Waals surface area contributed by atoms with Crippen LogP contribution in [0.3, 0.4) is 0 Å². The van der Waals surface area contributed by atoms with Crippen molar-refractivity contribution >= 4 is 11.6 Å². The van der Waals surface area contributed by atoms with E-state index in [2.05, 4.69) is 15.6 Å². The molecule has 5 nitrogen and oxygen atoms in total. The molecule has 3 rings (SSSR count). The highest BCUT2D eigenvalue weighted by Crippen LogP contribution is 2.43. The Morgan fingerprint density at radius 2 is 2.08 bits per heavy atom. The Morgan fingerprint density at radius 1 is 1.36 bits per heavy atom. The van der Waals surface area contributed by atoms with Gasteiger partial charge in [-0.05, 0) is 31.0 Å². The Kier molecular flexibility index (Phi) is 4.55. The molecule has 1 aliphatic heterocycles. The second-order valence-electron chi connectivity index (χ2n) is 6.57. The topological polar surface area (TPSA) is 63.0 Å². The standard InChI is InChI=1S/C16H18ClF3N4O/c1-9-6-15(25,7-13(21-9)14-8-24(2)23-22-14)10-3-4-12(17)11(5-10)16(18,19)20/h3-5,8-9,13,21,25H,6-7H2,1-2H3/t9-,13-,15-/m0/s1. The van der Waals surface area contributed by atoms with Crippen LogP contribution in [0.4, 0.5) is 13.2 Å². The van der Waals surface area contributed by atoms with Crippen LogP contribution in [0.5, 0.6) is 0 Å². The van der Waals surface area contributed by atoms with Gasteiger partial charge >= 0.3 is 6.18 Å². The summed E-state index contributed by atoms with van der Waals surface area (Å²) in [5.74, 6) is 0. The number of aryl methyl sites for hydroxylation is 1. The number of piperidine rings is 1. The summed E-state index contributed by atoms with van der Waals surface area (Å²) < 4.78 is 41.0. The van der Waals surface area contributed by atoms with Crippen molar-refractivity contribution < 1.29 is 18.3 Å². The summed E-state index contributed by atoms with van der Waals surface area (Å²) in [6.07, 6.45) is -2.39. The molecule has 2 heterocycles. The van der Waals surface area contributed by atoms with Gasteiger partial charge in [0.15, 0.2) is 0 Å². The molecule has 25 heavy (non-hydrogen) atoms. The van der Waals surface area contributed by atoms with Gasteiger partial charge in [0, 0.05) is 25.7 Å². The summed E-state index contributed by atoms with van der Waals surface area (Å²) in [6, 6.07) is 3.14. The largest absolute Gasteiger partial charge is 0.417 e. The zero-order valence-corrected chi connectivity index (χ0v) is 14.4. The third-order valence-corrected chi connectivity index (χ3v) is 4.79. The lowest BCUT2D eigenvalue weighted by atomic mass is 9.78. The van der Waals surface area contributed by atoms with E-state index in [1.54, 1.807) is 17.9 Å². The minimum atomic E-state index is -4.58. The Balaban J connectivity index is 1.97. The van der Waals surface area contributed by atoms with E-state index in [1.807, 2.05) is 6.92 Å². The maximum absolute atomic E-state index is 13.1. The van der Waals surface area contributed by atoms with Gasteiger partial charge in [0.2, 0.25) is 0 Å². The van der Waals surface area contributed by atoms with Gasteiger partial charge in [0.25, 0.3) is 0 Å². The van der Waals surface area contributed by atoms with Gasteiger partial charge in [0.05, 0.1) is 27.9 Å². The smallest absolute Gasteiger partial charge is 0.385 e. The van der Waals surface area contributed by atoms with Crippen LogP contribution in [0.25, 0.3) is 0 Å². The van der Waals surface area contributed by atoms with Gasteiger partial charge in [-0.3, -0.25) is 4.68 Å². The van der Waals surface area contributed by atoms with Gasteiger partial charge in [-0.25, -0.2) is 0 Å². The zero-order chi connectivity index (χ0) is 18.4. The van der Waals surface area contributed by atoms with Crippen LogP contribution in [0, 0.1) is 0 Å². The zero-order valence-electron chi connectivity index (χ0n) is 13.7. The molecule has 1 aromatic carbocycles. The molecule has 3 atom stereocenters. The van der Waals surface area contributed by atoms with E-state index in [0.29, 0.717) is 5.69 Å². The molecular weight excluding hydrogens is 357 g/mol. The monoisotopic (exact) mass is 374 g/mol. The molecule has 0 amide bonds. The first-order valence-corrected chi connectivity index (χ1v) is 8.18. The van der Waals surface area contributed by atoms with Crippen molar-refractivity contribution in [2.75, 3.05) is 0 Å². The molecule has 2 aromatic rings. The van der Waals surface area contributed by atoms with E-state index < -0.39 is 17.3 Å². The van der Waals surface area contributed by atoms with Crippen molar-refractivity contribution in [2.45, 2.75) is 43.6 Å². The lowest BCUT2D eigenvalue weighted by Gasteiger charge is -2.41. The lowest BCUT2D eigenvalue weighted by molar-refractivity contribution is -0.137. The third kappa shape index (κ3) is 3.65. The third-order valence-electron chi connectivity index (χ3n) is 4.46. The highest BCUT2D eigenvalue weighted by Gasteiger charge is 2.42. The number of nitrogens with zero attached hydrogens (tertiary/aromatic N) is 3. The first-order valence-electron chi connectivity index (χ1n) is 7.80. The maximum atomic E-state index is 13.1. The number of hydrogen-bond donors (Lipinski definition) is 2. The fraction of sp³-hybridized carbons (Fsp3) is 0.500. The number of benzene rings is 1. The van der Waals surface area contributed by atoms with Crippen LogP contribution in [-0.4, -0.2) is 26.1 Å². The predicted molar refractivity (Wildman–Crippen MR) is 85.9 cm³/mol. The highest BCUT2D eigenvalue weighted by atomic mass is 35.5. The van der Waals surface area contributed by atoms with Gasteiger partial charge in [0.1, 0.15) is 0 Å². The van der Waals surface area contributed by atoms with Gasteiger partial charge in [-0.1, -0.05) is 22.9 Å². The van der Waals surface area contributed by atoms with Crippen LogP contribution in [0.15, 0.2) is 24.4 Å². The molecule has 0 bridgehead atoms. The maximum Gasteiger partial charge on any atom is 0.417 e. The molecule has 1 saturated heterocycles. The molecule has 0 aliphatic carbocycles. The normalized spacial score (nSPS) is 27.5. The van der Waals surface area contributed by atoms with Crippen LogP contribution in [0.1, 0.15) is 42.6 Å².